The number of rotatable bonds is 4. The number of nitrogens with two attached hydrogens (primary N) is 1. The number of benzene rings is 1. The van der Waals surface area contributed by atoms with Crippen molar-refractivity contribution < 1.29 is 9.18 Å². The van der Waals surface area contributed by atoms with Crippen molar-refractivity contribution in [3.05, 3.63) is 40.9 Å². The van der Waals surface area contributed by atoms with Crippen LogP contribution in [-0.4, -0.2) is 27.4 Å². The Morgan fingerprint density at radius 1 is 1.53 bits per heavy atom. The Morgan fingerprint density at radius 2 is 2.32 bits per heavy atom. The van der Waals surface area contributed by atoms with Gasteiger partial charge >= 0.3 is 0 Å². The Morgan fingerprint density at radius 3 is 3.05 bits per heavy atom. The van der Waals surface area contributed by atoms with E-state index in [-0.39, 0.29) is 16.4 Å². The summed E-state index contributed by atoms with van der Waals surface area (Å²) in [5.41, 5.74) is 5.42. The summed E-state index contributed by atoms with van der Waals surface area (Å²) in [5.74, 6) is -1.25. The van der Waals surface area contributed by atoms with Gasteiger partial charge in [-0.25, -0.2) is 4.39 Å². The molecule has 0 fully saturated rings. The van der Waals surface area contributed by atoms with Gasteiger partial charge in [0.25, 0.3) is 5.91 Å². The molecule has 0 aliphatic rings. The summed E-state index contributed by atoms with van der Waals surface area (Å²) in [6, 6.07) is 4.33. The molecule has 1 heterocycles. The van der Waals surface area contributed by atoms with Crippen LogP contribution in [0.1, 0.15) is 10.5 Å². The second-order valence-electron chi connectivity index (χ2n) is 3.71. The Labute approximate surface area is 113 Å². The second-order valence-corrected chi connectivity index (χ2v) is 4.12. The summed E-state index contributed by atoms with van der Waals surface area (Å²) in [5, 5.41) is 9.70. The number of nitrogens with zero attached hydrogens (tertiary/aromatic N) is 3. The number of carbonyl (C=O) groups excluding carboxylic acids is 1. The highest BCUT2D eigenvalue weighted by Gasteiger charge is 2.14. The van der Waals surface area contributed by atoms with E-state index in [2.05, 4.69) is 15.6 Å². The van der Waals surface area contributed by atoms with Gasteiger partial charge in [-0.2, -0.15) is 0 Å². The van der Waals surface area contributed by atoms with Crippen LogP contribution in [0.4, 0.5) is 10.1 Å². The predicted molar refractivity (Wildman–Crippen MR) is 68.4 cm³/mol. The lowest BCUT2D eigenvalue weighted by atomic mass is 10.3. The van der Waals surface area contributed by atoms with Crippen molar-refractivity contribution >= 4 is 23.2 Å². The highest BCUT2D eigenvalue weighted by Crippen LogP contribution is 2.22. The fourth-order valence-electron chi connectivity index (χ4n) is 1.43. The number of aromatic nitrogens is 3. The van der Waals surface area contributed by atoms with Crippen LogP contribution in [0.2, 0.25) is 5.02 Å². The van der Waals surface area contributed by atoms with Crippen molar-refractivity contribution in [2.75, 3.05) is 11.9 Å². The van der Waals surface area contributed by atoms with Crippen molar-refractivity contribution in [1.82, 2.24) is 15.0 Å². The van der Waals surface area contributed by atoms with E-state index in [1.54, 1.807) is 0 Å². The minimum absolute atomic E-state index is 0.00845. The first kappa shape index (κ1) is 13.4. The van der Waals surface area contributed by atoms with Crippen molar-refractivity contribution in [2.24, 2.45) is 5.73 Å². The molecule has 19 heavy (non-hydrogen) atoms. The molecule has 0 spiro atoms. The van der Waals surface area contributed by atoms with E-state index in [0.717, 1.165) is 0 Å². The van der Waals surface area contributed by atoms with E-state index < -0.39 is 11.7 Å². The maximum absolute atomic E-state index is 13.6. The first-order valence-corrected chi connectivity index (χ1v) is 5.85. The Bertz CT molecular complexity index is 601. The Hall–Kier alpha value is -1.99. The van der Waals surface area contributed by atoms with Crippen LogP contribution >= 0.6 is 11.6 Å². The van der Waals surface area contributed by atoms with Crippen LogP contribution in [0.5, 0.6) is 0 Å². The molecule has 1 aromatic heterocycles. The number of halogens is 2. The molecule has 0 bridgehead atoms. The normalized spacial score (nSPS) is 10.5. The molecule has 0 saturated carbocycles. The molecule has 100 valence electrons. The van der Waals surface area contributed by atoms with Gasteiger partial charge in [0.15, 0.2) is 11.5 Å². The van der Waals surface area contributed by atoms with Crippen molar-refractivity contribution in [3.8, 4) is 0 Å². The molecule has 2 aromatic rings. The monoisotopic (exact) mass is 283 g/mol. The van der Waals surface area contributed by atoms with E-state index in [4.69, 9.17) is 17.3 Å². The van der Waals surface area contributed by atoms with Gasteiger partial charge in [0.1, 0.15) is 0 Å². The molecule has 0 saturated heterocycles. The third-order valence-electron chi connectivity index (χ3n) is 2.33. The Balaban J connectivity index is 2.14. The highest BCUT2D eigenvalue weighted by molar-refractivity contribution is 6.31. The Kier molecular flexibility index (Phi) is 4.08. The number of hydrogen-bond acceptors (Lipinski definition) is 4. The van der Waals surface area contributed by atoms with Gasteiger partial charge in [0.05, 0.1) is 23.5 Å². The lowest BCUT2D eigenvalue weighted by molar-refractivity contribution is 0.102. The number of hydrogen-bond donors (Lipinski definition) is 2. The maximum Gasteiger partial charge on any atom is 0.277 e. The first-order valence-electron chi connectivity index (χ1n) is 5.47. The smallest absolute Gasteiger partial charge is 0.277 e. The zero-order chi connectivity index (χ0) is 13.8. The first-order chi connectivity index (χ1) is 9.11. The van der Waals surface area contributed by atoms with Gasteiger partial charge in [-0.05, 0) is 12.1 Å². The van der Waals surface area contributed by atoms with Crippen LogP contribution in [0, 0.1) is 5.82 Å². The molecule has 0 aliphatic carbocycles. The summed E-state index contributed by atoms with van der Waals surface area (Å²) in [7, 11) is 0. The quantitative estimate of drug-likeness (QED) is 0.885. The molecule has 3 N–H and O–H groups in total. The molecule has 0 radical (unpaired) electrons. The number of nitrogens with one attached hydrogen (secondary N) is 1. The fourth-order valence-corrected chi connectivity index (χ4v) is 1.61. The molecule has 0 atom stereocenters. The lowest BCUT2D eigenvalue weighted by Gasteiger charge is -2.04. The fraction of sp³-hybridized carbons (Fsp3) is 0.182. The van der Waals surface area contributed by atoms with Gasteiger partial charge in [-0.1, -0.05) is 22.9 Å². The average molecular weight is 284 g/mol. The number of amides is 1. The molecule has 8 heteroatoms. The van der Waals surface area contributed by atoms with Crippen LogP contribution in [0.25, 0.3) is 0 Å². The second kappa shape index (κ2) is 5.77. The zero-order valence-electron chi connectivity index (χ0n) is 9.81. The van der Waals surface area contributed by atoms with Crippen molar-refractivity contribution in [2.45, 2.75) is 6.54 Å². The summed E-state index contributed by atoms with van der Waals surface area (Å²) < 4.78 is 15.0. The van der Waals surface area contributed by atoms with Crippen molar-refractivity contribution in [3.63, 3.8) is 0 Å². The minimum atomic E-state index is -0.688. The van der Waals surface area contributed by atoms with Crippen LogP contribution < -0.4 is 11.1 Å². The van der Waals surface area contributed by atoms with E-state index in [9.17, 15) is 9.18 Å². The van der Waals surface area contributed by atoms with Gasteiger partial charge in [-0.15, -0.1) is 5.10 Å². The molecule has 1 aromatic carbocycles. The summed E-state index contributed by atoms with van der Waals surface area (Å²) in [6.45, 7) is 0.832. The van der Waals surface area contributed by atoms with Crippen LogP contribution in [-0.2, 0) is 6.54 Å². The number of carbonyl (C=O) groups is 1. The number of anilines is 1. The van der Waals surface area contributed by atoms with Gasteiger partial charge < -0.3 is 11.1 Å². The van der Waals surface area contributed by atoms with E-state index >= 15 is 0 Å². The zero-order valence-corrected chi connectivity index (χ0v) is 10.6. The molecule has 0 aliphatic heterocycles. The van der Waals surface area contributed by atoms with Gasteiger partial charge in [-0.3, -0.25) is 9.48 Å². The van der Waals surface area contributed by atoms with E-state index in [0.29, 0.717) is 13.1 Å². The highest BCUT2D eigenvalue weighted by atomic mass is 35.5. The summed E-state index contributed by atoms with van der Waals surface area (Å²) in [4.78, 5) is 11.8. The average Bonchev–Trinajstić information content (AvgIpc) is 2.84. The molecular weight excluding hydrogens is 273 g/mol. The predicted octanol–water partition coefficient (Wildman–Crippen LogP) is 1.28. The third kappa shape index (κ3) is 3.07. The van der Waals surface area contributed by atoms with Gasteiger partial charge in [0.2, 0.25) is 0 Å². The molecule has 0 unspecified atom stereocenters. The lowest BCUT2D eigenvalue weighted by Crippen LogP contribution is -2.14. The van der Waals surface area contributed by atoms with Crippen LogP contribution in [0.15, 0.2) is 24.4 Å². The molecule has 6 nitrogen and oxygen atoms in total. The van der Waals surface area contributed by atoms with Crippen molar-refractivity contribution in [1.29, 1.82) is 0 Å². The maximum atomic E-state index is 13.6. The third-order valence-corrected chi connectivity index (χ3v) is 2.62. The minimum Gasteiger partial charge on any atom is -0.329 e. The van der Waals surface area contributed by atoms with E-state index in [1.807, 2.05) is 0 Å². The largest absolute Gasteiger partial charge is 0.329 e. The van der Waals surface area contributed by atoms with Crippen LogP contribution in [0.3, 0.4) is 0 Å². The molecule has 2 rings (SSSR count). The standard InChI is InChI=1S/C11H11ClFN5O/c12-7-2-1-3-8(10(7)13)15-11(19)9-6-18(5-4-14)17-16-9/h1-3,6H,4-5,14H2,(H,15,19). The molecule has 1 amide bonds. The van der Waals surface area contributed by atoms with Gasteiger partial charge in [0, 0.05) is 6.54 Å². The molecular formula is C11H11ClFN5O. The summed E-state index contributed by atoms with van der Waals surface area (Å²) in [6.07, 6.45) is 1.44. The van der Waals surface area contributed by atoms with E-state index in [1.165, 1.54) is 29.1 Å². The summed E-state index contributed by atoms with van der Waals surface area (Å²) >= 11 is 5.62. The topological polar surface area (TPSA) is 85.8 Å². The SMILES string of the molecule is NCCn1cc(C(=O)Nc2cccc(Cl)c2F)nn1.